The van der Waals surface area contributed by atoms with Crippen LogP contribution in [-0.2, 0) is 14.3 Å². The third-order valence-corrected chi connectivity index (χ3v) is 3.36. The maximum atomic E-state index is 11.9. The van der Waals surface area contributed by atoms with Crippen molar-refractivity contribution in [1.29, 1.82) is 0 Å². The predicted octanol–water partition coefficient (Wildman–Crippen LogP) is 0.560. The summed E-state index contributed by atoms with van der Waals surface area (Å²) >= 11 is 0. The number of benzene rings is 1. The fraction of sp³-hybridized carbons (Fsp3) is 0.222. The summed E-state index contributed by atoms with van der Waals surface area (Å²) in [5.74, 6) is -1.63. The topological polar surface area (TPSA) is 124 Å². The van der Waals surface area contributed by atoms with E-state index in [0.29, 0.717) is 11.3 Å². The maximum absolute atomic E-state index is 11.9. The van der Waals surface area contributed by atoms with Crippen molar-refractivity contribution in [3.05, 3.63) is 54.0 Å². The van der Waals surface area contributed by atoms with E-state index in [2.05, 4.69) is 10.6 Å². The second-order valence-corrected chi connectivity index (χ2v) is 5.25. The van der Waals surface area contributed by atoms with Gasteiger partial charge in [0.05, 0.1) is 19.9 Å². The van der Waals surface area contributed by atoms with Crippen molar-refractivity contribution < 1.29 is 33.1 Å². The Bertz CT molecular complexity index is 798. The summed E-state index contributed by atoms with van der Waals surface area (Å²) in [5.41, 5.74) is 0.369. The summed E-state index contributed by atoms with van der Waals surface area (Å²) in [6.07, 6.45) is 1.33. The van der Waals surface area contributed by atoms with Gasteiger partial charge < -0.3 is 24.5 Å². The first-order chi connectivity index (χ1) is 13.0. The fourth-order valence-electron chi connectivity index (χ4n) is 1.95. The molecule has 0 atom stereocenters. The number of hydrogen-bond acceptors (Lipinski definition) is 7. The smallest absolute Gasteiger partial charge is 0.325 e. The van der Waals surface area contributed by atoms with E-state index >= 15 is 0 Å². The molecular weight excluding hydrogens is 356 g/mol. The zero-order chi connectivity index (χ0) is 19.6. The largest absolute Gasteiger partial charge is 0.497 e. The first-order valence-corrected chi connectivity index (χ1v) is 7.91. The molecule has 0 radical (unpaired) electrons. The Morgan fingerprint density at radius 3 is 2.37 bits per heavy atom. The number of hydrogen-bond donors (Lipinski definition) is 2. The summed E-state index contributed by atoms with van der Waals surface area (Å²) in [4.78, 5) is 46.7. The van der Waals surface area contributed by atoms with Gasteiger partial charge in [-0.1, -0.05) is 0 Å². The molecule has 27 heavy (non-hydrogen) atoms. The van der Waals surface area contributed by atoms with E-state index in [0.717, 1.165) is 0 Å². The average molecular weight is 374 g/mol. The Hall–Kier alpha value is -3.62. The first-order valence-electron chi connectivity index (χ1n) is 7.91. The van der Waals surface area contributed by atoms with Crippen molar-refractivity contribution in [2.75, 3.05) is 26.8 Å². The lowest BCUT2D eigenvalue weighted by atomic mass is 10.1. The van der Waals surface area contributed by atoms with Gasteiger partial charge in [-0.2, -0.15) is 0 Å². The molecule has 0 spiro atoms. The number of ether oxygens (including phenoxy) is 2. The lowest BCUT2D eigenvalue weighted by molar-refractivity contribution is -0.142. The van der Waals surface area contributed by atoms with Gasteiger partial charge >= 0.3 is 5.97 Å². The van der Waals surface area contributed by atoms with Crippen molar-refractivity contribution in [2.24, 2.45) is 0 Å². The molecule has 0 bridgehead atoms. The predicted molar refractivity (Wildman–Crippen MR) is 92.3 cm³/mol. The molecule has 0 fully saturated rings. The average Bonchev–Trinajstić information content (AvgIpc) is 3.23. The third kappa shape index (κ3) is 6.31. The Balaban J connectivity index is 1.65. The fourth-order valence-corrected chi connectivity index (χ4v) is 1.95. The van der Waals surface area contributed by atoms with Gasteiger partial charge in [-0.25, -0.2) is 0 Å². The Morgan fingerprint density at radius 2 is 1.74 bits per heavy atom. The van der Waals surface area contributed by atoms with Crippen LogP contribution in [0.25, 0.3) is 0 Å². The van der Waals surface area contributed by atoms with Crippen LogP contribution >= 0.6 is 0 Å². The molecule has 1 heterocycles. The van der Waals surface area contributed by atoms with Gasteiger partial charge in [0, 0.05) is 5.56 Å². The van der Waals surface area contributed by atoms with Crippen LogP contribution in [0.5, 0.6) is 5.75 Å². The van der Waals surface area contributed by atoms with Crippen LogP contribution in [0.2, 0.25) is 0 Å². The highest BCUT2D eigenvalue weighted by molar-refractivity contribution is 5.98. The Morgan fingerprint density at radius 1 is 1.00 bits per heavy atom. The zero-order valence-electron chi connectivity index (χ0n) is 14.5. The van der Waals surface area contributed by atoms with Gasteiger partial charge in [0.2, 0.25) is 5.91 Å². The van der Waals surface area contributed by atoms with E-state index in [1.54, 1.807) is 24.3 Å². The highest BCUT2D eigenvalue weighted by Gasteiger charge is 2.13. The molecule has 0 unspecified atom stereocenters. The van der Waals surface area contributed by atoms with Crippen LogP contribution in [0.1, 0.15) is 20.9 Å². The third-order valence-electron chi connectivity index (χ3n) is 3.36. The number of esters is 1. The van der Waals surface area contributed by atoms with E-state index in [4.69, 9.17) is 13.9 Å². The summed E-state index contributed by atoms with van der Waals surface area (Å²) < 4.78 is 14.7. The van der Waals surface area contributed by atoms with Crippen LogP contribution in [0.3, 0.4) is 0 Å². The molecule has 0 aliphatic heterocycles. The summed E-state index contributed by atoms with van der Waals surface area (Å²) in [6, 6.07) is 9.33. The Kier molecular flexibility index (Phi) is 7.12. The standard InChI is InChI=1S/C18H18N2O7/c1-25-13-6-4-12(5-7-13)14(21)11-27-17(23)10-19-16(22)9-20-18(24)15-3-2-8-26-15/h2-8H,9-11H2,1H3,(H,19,22)(H,20,24). The molecule has 1 aromatic heterocycles. The van der Waals surface area contributed by atoms with Gasteiger partial charge in [0.1, 0.15) is 12.3 Å². The number of amides is 2. The molecule has 0 aliphatic rings. The molecule has 0 saturated heterocycles. The highest BCUT2D eigenvalue weighted by Crippen LogP contribution is 2.11. The molecule has 0 aliphatic carbocycles. The molecular formula is C18H18N2O7. The number of ketones is 1. The first kappa shape index (κ1) is 19.7. The number of furan rings is 1. The zero-order valence-corrected chi connectivity index (χ0v) is 14.5. The molecule has 0 saturated carbocycles. The van der Waals surface area contributed by atoms with Crippen LogP contribution < -0.4 is 15.4 Å². The van der Waals surface area contributed by atoms with Crippen molar-refractivity contribution in [1.82, 2.24) is 10.6 Å². The minimum atomic E-state index is -0.775. The summed E-state index contributed by atoms with van der Waals surface area (Å²) in [6.45, 7) is -1.21. The number of carbonyl (C=O) groups is 4. The number of rotatable bonds is 9. The second kappa shape index (κ2) is 9.76. The molecule has 142 valence electrons. The quantitative estimate of drug-likeness (QED) is 0.485. The number of Topliss-reactive ketones (excluding diaryl/α,β-unsaturated/α-hetero) is 1. The SMILES string of the molecule is COc1ccc(C(=O)COC(=O)CNC(=O)CNC(=O)c2ccco2)cc1. The molecule has 2 aromatic rings. The molecule has 2 amide bonds. The van der Waals surface area contributed by atoms with Crippen molar-refractivity contribution in [3.63, 3.8) is 0 Å². The van der Waals surface area contributed by atoms with E-state index < -0.39 is 30.9 Å². The van der Waals surface area contributed by atoms with Crippen molar-refractivity contribution in [3.8, 4) is 5.75 Å². The molecule has 1 aromatic carbocycles. The van der Waals surface area contributed by atoms with Gasteiger partial charge in [0.25, 0.3) is 5.91 Å². The van der Waals surface area contributed by atoms with Gasteiger partial charge in [-0.3, -0.25) is 19.2 Å². The van der Waals surface area contributed by atoms with E-state index in [1.165, 1.54) is 25.5 Å². The number of nitrogens with one attached hydrogen (secondary N) is 2. The van der Waals surface area contributed by atoms with Crippen molar-refractivity contribution in [2.45, 2.75) is 0 Å². The minimum Gasteiger partial charge on any atom is -0.497 e. The normalized spacial score (nSPS) is 9.96. The lowest BCUT2D eigenvalue weighted by Crippen LogP contribution is -2.39. The maximum Gasteiger partial charge on any atom is 0.325 e. The minimum absolute atomic E-state index is 0.0688. The Labute approximate surface area is 154 Å². The van der Waals surface area contributed by atoms with Crippen LogP contribution in [0.15, 0.2) is 47.1 Å². The van der Waals surface area contributed by atoms with Gasteiger partial charge in [-0.15, -0.1) is 0 Å². The lowest BCUT2D eigenvalue weighted by Gasteiger charge is -2.07. The van der Waals surface area contributed by atoms with Gasteiger partial charge in [0.15, 0.2) is 18.2 Å². The molecule has 2 N–H and O–H groups in total. The van der Waals surface area contributed by atoms with Gasteiger partial charge in [-0.05, 0) is 36.4 Å². The summed E-state index contributed by atoms with van der Waals surface area (Å²) in [5, 5.41) is 4.60. The van der Waals surface area contributed by atoms with E-state index in [-0.39, 0.29) is 18.1 Å². The summed E-state index contributed by atoms with van der Waals surface area (Å²) in [7, 11) is 1.51. The van der Waals surface area contributed by atoms with E-state index in [9.17, 15) is 19.2 Å². The van der Waals surface area contributed by atoms with Crippen molar-refractivity contribution >= 4 is 23.6 Å². The van der Waals surface area contributed by atoms with Crippen LogP contribution in [0, 0.1) is 0 Å². The van der Waals surface area contributed by atoms with Crippen LogP contribution in [0.4, 0.5) is 0 Å². The number of carbonyl (C=O) groups excluding carboxylic acids is 4. The van der Waals surface area contributed by atoms with Crippen LogP contribution in [-0.4, -0.2) is 50.4 Å². The molecule has 2 rings (SSSR count). The van der Waals surface area contributed by atoms with E-state index in [1.807, 2.05) is 0 Å². The second-order valence-electron chi connectivity index (χ2n) is 5.25. The molecule has 9 heteroatoms. The highest BCUT2D eigenvalue weighted by atomic mass is 16.5. The monoisotopic (exact) mass is 374 g/mol. The molecule has 9 nitrogen and oxygen atoms in total. The number of methoxy groups -OCH3 is 1.